The Balaban J connectivity index is 1.86. The summed E-state index contributed by atoms with van der Waals surface area (Å²) in [4.78, 5) is 14.6. The SMILES string of the molecule is O=c1[nH]c(=S)c(SCc2ccccc2)nn1C1OC(CO)C(O)C1O. The maximum Gasteiger partial charge on any atom is 0.345 e. The van der Waals surface area contributed by atoms with Gasteiger partial charge < -0.3 is 20.1 Å². The molecule has 134 valence electrons. The lowest BCUT2D eigenvalue weighted by molar-refractivity contribution is -0.0626. The number of nitrogens with one attached hydrogen (secondary N) is 1. The first-order chi connectivity index (χ1) is 12.0. The molecule has 0 radical (unpaired) electrons. The molecular formula is C15H17N3O5S2. The maximum absolute atomic E-state index is 12.1. The van der Waals surface area contributed by atoms with E-state index >= 15 is 0 Å². The summed E-state index contributed by atoms with van der Waals surface area (Å²) >= 11 is 6.48. The Labute approximate surface area is 152 Å². The molecule has 0 bridgehead atoms. The van der Waals surface area contributed by atoms with Gasteiger partial charge in [-0.25, -0.2) is 4.79 Å². The van der Waals surface area contributed by atoms with Crippen LogP contribution in [0.2, 0.25) is 0 Å². The molecule has 8 nitrogen and oxygen atoms in total. The van der Waals surface area contributed by atoms with Gasteiger partial charge in [0.25, 0.3) is 0 Å². The van der Waals surface area contributed by atoms with Crippen molar-refractivity contribution in [2.75, 3.05) is 6.61 Å². The normalized spacial score (nSPS) is 26.0. The molecule has 10 heteroatoms. The average Bonchev–Trinajstić information content (AvgIpc) is 2.90. The number of hydrogen-bond acceptors (Lipinski definition) is 8. The Morgan fingerprint density at radius 1 is 1.28 bits per heavy atom. The number of aliphatic hydroxyl groups excluding tert-OH is 3. The number of aromatic nitrogens is 3. The lowest BCUT2D eigenvalue weighted by Gasteiger charge is -2.16. The van der Waals surface area contributed by atoms with Crippen molar-refractivity contribution in [3.8, 4) is 0 Å². The van der Waals surface area contributed by atoms with E-state index in [-0.39, 0.29) is 4.64 Å². The minimum absolute atomic E-state index is 0.189. The summed E-state index contributed by atoms with van der Waals surface area (Å²) in [6.45, 7) is -0.484. The third-order valence-electron chi connectivity index (χ3n) is 3.80. The Kier molecular flexibility index (Phi) is 5.67. The van der Waals surface area contributed by atoms with Crippen LogP contribution in [-0.4, -0.2) is 55.0 Å². The summed E-state index contributed by atoms with van der Waals surface area (Å²) in [7, 11) is 0. The molecule has 0 saturated carbocycles. The van der Waals surface area contributed by atoms with Gasteiger partial charge in [0.1, 0.15) is 23.0 Å². The van der Waals surface area contributed by atoms with Crippen LogP contribution >= 0.6 is 24.0 Å². The van der Waals surface area contributed by atoms with Crippen LogP contribution in [0, 0.1) is 4.64 Å². The first kappa shape index (κ1) is 18.2. The lowest BCUT2D eigenvalue weighted by Crippen LogP contribution is -2.37. The Morgan fingerprint density at radius 3 is 2.64 bits per heavy atom. The van der Waals surface area contributed by atoms with Gasteiger partial charge in [0, 0.05) is 5.75 Å². The van der Waals surface area contributed by atoms with Gasteiger partial charge in [-0.05, 0) is 5.56 Å². The Hall–Kier alpha value is -1.56. The van der Waals surface area contributed by atoms with E-state index in [9.17, 15) is 15.0 Å². The molecule has 1 saturated heterocycles. The molecule has 1 aromatic carbocycles. The summed E-state index contributed by atoms with van der Waals surface area (Å²) in [5.74, 6) is 0.597. The number of rotatable bonds is 5. The molecule has 4 atom stereocenters. The molecule has 2 aromatic rings. The highest BCUT2D eigenvalue weighted by Gasteiger charge is 2.44. The molecule has 1 aliphatic heterocycles. The molecule has 0 amide bonds. The zero-order chi connectivity index (χ0) is 18.0. The molecule has 2 heterocycles. The average molecular weight is 383 g/mol. The van der Waals surface area contributed by atoms with E-state index in [1.54, 1.807) is 0 Å². The van der Waals surface area contributed by atoms with Crippen molar-refractivity contribution in [2.45, 2.75) is 35.3 Å². The van der Waals surface area contributed by atoms with E-state index in [1.807, 2.05) is 30.3 Å². The quantitative estimate of drug-likeness (QED) is 0.427. The summed E-state index contributed by atoms with van der Waals surface area (Å²) < 4.78 is 6.45. The third-order valence-corrected chi connectivity index (χ3v) is 5.26. The van der Waals surface area contributed by atoms with Crippen molar-refractivity contribution >= 4 is 24.0 Å². The molecule has 1 aliphatic rings. The second kappa shape index (κ2) is 7.77. The van der Waals surface area contributed by atoms with Crippen LogP contribution in [0.25, 0.3) is 0 Å². The largest absolute Gasteiger partial charge is 0.394 e. The van der Waals surface area contributed by atoms with Crippen LogP contribution in [0.3, 0.4) is 0 Å². The van der Waals surface area contributed by atoms with Crippen LogP contribution in [-0.2, 0) is 10.5 Å². The zero-order valence-corrected chi connectivity index (χ0v) is 14.6. The van der Waals surface area contributed by atoms with Crippen molar-refractivity contribution in [3.05, 3.63) is 51.0 Å². The molecule has 25 heavy (non-hydrogen) atoms. The molecule has 1 fully saturated rings. The number of thioether (sulfide) groups is 1. The fourth-order valence-corrected chi connectivity index (χ4v) is 3.60. The second-order valence-corrected chi connectivity index (χ2v) is 6.88. The van der Waals surface area contributed by atoms with Gasteiger partial charge >= 0.3 is 5.69 Å². The van der Waals surface area contributed by atoms with E-state index in [0.29, 0.717) is 10.8 Å². The summed E-state index contributed by atoms with van der Waals surface area (Å²) in [6, 6.07) is 9.68. The fourth-order valence-electron chi connectivity index (χ4n) is 2.47. The summed E-state index contributed by atoms with van der Waals surface area (Å²) in [5, 5.41) is 33.7. The summed E-state index contributed by atoms with van der Waals surface area (Å²) in [5.41, 5.74) is 0.401. The van der Waals surface area contributed by atoms with E-state index in [2.05, 4.69) is 10.1 Å². The molecular weight excluding hydrogens is 366 g/mol. The van der Waals surface area contributed by atoms with Gasteiger partial charge in [-0.1, -0.05) is 54.3 Å². The van der Waals surface area contributed by atoms with Gasteiger partial charge in [-0.15, -0.1) is 0 Å². The van der Waals surface area contributed by atoms with Gasteiger partial charge in [-0.2, -0.15) is 9.78 Å². The number of hydrogen-bond donors (Lipinski definition) is 4. The van der Waals surface area contributed by atoms with Gasteiger partial charge in [0.2, 0.25) is 0 Å². The first-order valence-corrected chi connectivity index (χ1v) is 8.93. The highest BCUT2D eigenvalue weighted by atomic mass is 32.2. The zero-order valence-electron chi connectivity index (χ0n) is 13.0. The lowest BCUT2D eigenvalue weighted by atomic mass is 10.1. The molecule has 1 aromatic heterocycles. The van der Waals surface area contributed by atoms with Crippen LogP contribution in [0.1, 0.15) is 11.8 Å². The van der Waals surface area contributed by atoms with Crippen LogP contribution in [0.4, 0.5) is 0 Å². The van der Waals surface area contributed by atoms with Crippen molar-refractivity contribution in [3.63, 3.8) is 0 Å². The molecule has 3 rings (SSSR count). The number of H-pyrrole nitrogens is 1. The number of nitrogens with zero attached hydrogens (tertiary/aromatic N) is 2. The van der Waals surface area contributed by atoms with Crippen LogP contribution < -0.4 is 5.69 Å². The molecule has 4 unspecified atom stereocenters. The maximum atomic E-state index is 12.1. The van der Waals surface area contributed by atoms with Crippen molar-refractivity contribution < 1.29 is 20.1 Å². The minimum Gasteiger partial charge on any atom is -0.394 e. The standard InChI is InChI=1S/C15H17N3O5S2/c19-6-9-10(20)11(21)14(23-9)18-15(22)16-12(24)13(17-18)25-7-8-4-2-1-3-5-8/h1-5,9-11,14,19-21H,6-7H2,(H,16,22,24). The predicted octanol–water partition coefficient (Wildman–Crippen LogP) is 0.205. The second-order valence-electron chi connectivity index (χ2n) is 5.51. The van der Waals surface area contributed by atoms with E-state index in [4.69, 9.17) is 22.1 Å². The molecule has 0 spiro atoms. The predicted molar refractivity (Wildman–Crippen MR) is 92.7 cm³/mol. The smallest absolute Gasteiger partial charge is 0.345 e. The van der Waals surface area contributed by atoms with Gasteiger partial charge in [0.05, 0.1) is 6.61 Å². The van der Waals surface area contributed by atoms with Gasteiger partial charge in [0.15, 0.2) is 11.3 Å². The van der Waals surface area contributed by atoms with E-state index < -0.39 is 36.8 Å². The summed E-state index contributed by atoms with van der Waals surface area (Å²) in [6.07, 6.45) is -4.90. The van der Waals surface area contributed by atoms with E-state index in [1.165, 1.54) is 11.8 Å². The number of aliphatic hydroxyl groups is 3. The Morgan fingerprint density at radius 2 is 2.00 bits per heavy atom. The minimum atomic E-state index is -1.39. The number of aromatic amines is 1. The fraction of sp³-hybridized carbons (Fsp3) is 0.400. The highest BCUT2D eigenvalue weighted by molar-refractivity contribution is 7.98. The molecule has 0 aliphatic carbocycles. The van der Waals surface area contributed by atoms with Crippen molar-refractivity contribution in [1.29, 1.82) is 0 Å². The number of ether oxygens (including phenoxy) is 1. The van der Waals surface area contributed by atoms with E-state index in [0.717, 1.165) is 10.2 Å². The van der Waals surface area contributed by atoms with Crippen LogP contribution in [0.15, 0.2) is 40.2 Å². The topological polar surface area (TPSA) is 121 Å². The Bertz CT molecular complexity index is 841. The van der Waals surface area contributed by atoms with Crippen LogP contribution in [0.5, 0.6) is 0 Å². The highest BCUT2D eigenvalue weighted by Crippen LogP contribution is 2.28. The monoisotopic (exact) mass is 383 g/mol. The third kappa shape index (κ3) is 3.84. The van der Waals surface area contributed by atoms with Gasteiger partial charge in [-0.3, -0.25) is 4.98 Å². The van der Waals surface area contributed by atoms with Crippen molar-refractivity contribution in [2.24, 2.45) is 0 Å². The molecule has 4 N–H and O–H groups in total. The number of benzene rings is 1. The van der Waals surface area contributed by atoms with Crippen molar-refractivity contribution in [1.82, 2.24) is 14.8 Å². The first-order valence-electron chi connectivity index (χ1n) is 7.53.